The molecule has 1 heterocycles. The van der Waals surface area contributed by atoms with Gasteiger partial charge in [-0.15, -0.1) is 0 Å². The Morgan fingerprint density at radius 3 is 2.35 bits per heavy atom. The van der Waals surface area contributed by atoms with Gasteiger partial charge in [-0.05, 0) is 18.9 Å². The fourth-order valence-corrected chi connectivity index (χ4v) is 2.58. The van der Waals surface area contributed by atoms with E-state index in [1.54, 1.807) is 0 Å². The summed E-state index contributed by atoms with van der Waals surface area (Å²) < 4.78 is 5.29. The second-order valence-corrected chi connectivity index (χ2v) is 4.81. The summed E-state index contributed by atoms with van der Waals surface area (Å²) in [6.45, 7) is 4.98. The summed E-state index contributed by atoms with van der Waals surface area (Å²) in [5.41, 5.74) is 1.95. The molecule has 17 heavy (non-hydrogen) atoms. The lowest BCUT2D eigenvalue weighted by atomic mass is 9.67. The van der Waals surface area contributed by atoms with Gasteiger partial charge in [-0.3, -0.25) is 4.79 Å². The molecule has 3 nitrogen and oxygen atoms in total. The molecule has 0 amide bonds. The fraction of sp³-hybridized carbons (Fsp3) is 0.500. The topological polar surface area (TPSA) is 46.5 Å². The molecule has 1 atom stereocenters. The van der Waals surface area contributed by atoms with Crippen LogP contribution < -0.4 is 0 Å². The lowest BCUT2D eigenvalue weighted by Gasteiger charge is -2.45. The summed E-state index contributed by atoms with van der Waals surface area (Å²) in [6.07, 6.45) is 0.632. The molecule has 1 N–H and O–H groups in total. The molecular formula is C14H18O3. The average Bonchev–Trinajstić information content (AvgIpc) is 2.24. The normalized spacial score (nSPS) is 19.4. The Morgan fingerprint density at radius 1 is 1.41 bits per heavy atom. The van der Waals surface area contributed by atoms with Crippen molar-refractivity contribution in [1.82, 2.24) is 0 Å². The first-order valence-electron chi connectivity index (χ1n) is 5.98. The second kappa shape index (κ2) is 4.49. The highest BCUT2D eigenvalue weighted by atomic mass is 16.5. The van der Waals surface area contributed by atoms with E-state index in [1.165, 1.54) is 5.56 Å². The molecule has 92 valence electrons. The number of aryl methyl sites for hydroxylation is 1. The van der Waals surface area contributed by atoms with E-state index in [1.807, 2.05) is 38.1 Å². The predicted octanol–water partition coefficient (Wildman–Crippen LogP) is 2.37. The van der Waals surface area contributed by atoms with Crippen LogP contribution in [0.5, 0.6) is 0 Å². The van der Waals surface area contributed by atoms with Gasteiger partial charge in [0.15, 0.2) is 0 Å². The van der Waals surface area contributed by atoms with Gasteiger partial charge in [0.05, 0.1) is 24.5 Å². The van der Waals surface area contributed by atoms with Crippen molar-refractivity contribution in [1.29, 1.82) is 0 Å². The number of hydrogen-bond donors (Lipinski definition) is 1. The van der Waals surface area contributed by atoms with Crippen LogP contribution >= 0.6 is 0 Å². The molecule has 1 aliphatic rings. The lowest BCUT2D eigenvalue weighted by Crippen LogP contribution is -2.54. The van der Waals surface area contributed by atoms with Crippen LogP contribution in [0.3, 0.4) is 0 Å². The molecule has 0 bridgehead atoms. The van der Waals surface area contributed by atoms with Crippen molar-refractivity contribution in [2.75, 3.05) is 13.2 Å². The Kier molecular flexibility index (Phi) is 3.20. The van der Waals surface area contributed by atoms with Gasteiger partial charge in [0.1, 0.15) is 0 Å². The van der Waals surface area contributed by atoms with Gasteiger partial charge in [0.2, 0.25) is 0 Å². The van der Waals surface area contributed by atoms with E-state index in [0.29, 0.717) is 19.6 Å². The minimum absolute atomic E-state index is 0.325. The number of rotatable bonds is 4. The number of carboxylic acids is 1. The molecule has 2 rings (SSSR count). The third-order valence-electron chi connectivity index (χ3n) is 3.72. The van der Waals surface area contributed by atoms with Crippen LogP contribution in [0, 0.1) is 12.8 Å². The van der Waals surface area contributed by atoms with E-state index in [2.05, 4.69) is 0 Å². The quantitative estimate of drug-likeness (QED) is 0.870. The first-order chi connectivity index (χ1) is 8.10. The van der Waals surface area contributed by atoms with E-state index >= 15 is 0 Å². The highest BCUT2D eigenvalue weighted by molar-refractivity contribution is 5.73. The molecule has 1 fully saturated rings. The summed E-state index contributed by atoms with van der Waals surface area (Å²) in [5.74, 6) is -1.09. The van der Waals surface area contributed by atoms with Crippen molar-refractivity contribution in [3.63, 3.8) is 0 Å². The van der Waals surface area contributed by atoms with Crippen molar-refractivity contribution in [3.8, 4) is 0 Å². The SMILES string of the molecule is CCC(C(=O)O)C1(c2ccc(C)cc2)COC1. The molecule has 3 heteroatoms. The number of benzene rings is 1. The molecule has 0 spiro atoms. The Balaban J connectivity index is 2.36. The van der Waals surface area contributed by atoms with Crippen molar-refractivity contribution >= 4 is 5.97 Å². The largest absolute Gasteiger partial charge is 0.481 e. The lowest BCUT2D eigenvalue weighted by molar-refractivity contribution is -0.157. The Bertz CT molecular complexity index is 404. The highest BCUT2D eigenvalue weighted by Crippen LogP contribution is 2.41. The maximum absolute atomic E-state index is 11.4. The molecule has 0 aliphatic carbocycles. The second-order valence-electron chi connectivity index (χ2n) is 4.81. The van der Waals surface area contributed by atoms with Crippen LogP contribution in [0.2, 0.25) is 0 Å². The first kappa shape index (κ1) is 12.1. The van der Waals surface area contributed by atoms with Crippen LogP contribution in [0.25, 0.3) is 0 Å². The third kappa shape index (κ3) is 1.95. The van der Waals surface area contributed by atoms with Gasteiger partial charge in [0.25, 0.3) is 0 Å². The molecule has 1 aromatic rings. The average molecular weight is 234 g/mol. The van der Waals surface area contributed by atoms with Gasteiger partial charge >= 0.3 is 5.97 Å². The van der Waals surface area contributed by atoms with Crippen molar-refractivity contribution < 1.29 is 14.6 Å². The number of carbonyl (C=O) groups is 1. The van der Waals surface area contributed by atoms with Crippen LogP contribution in [0.4, 0.5) is 0 Å². The predicted molar refractivity (Wildman–Crippen MR) is 65.1 cm³/mol. The molecule has 0 saturated carbocycles. The number of aliphatic carboxylic acids is 1. The summed E-state index contributed by atoms with van der Waals surface area (Å²) in [6, 6.07) is 8.13. The maximum Gasteiger partial charge on any atom is 0.307 e. The smallest absolute Gasteiger partial charge is 0.307 e. The van der Waals surface area contributed by atoms with E-state index in [9.17, 15) is 9.90 Å². The van der Waals surface area contributed by atoms with Crippen LogP contribution in [-0.4, -0.2) is 24.3 Å². The zero-order valence-electron chi connectivity index (χ0n) is 10.3. The maximum atomic E-state index is 11.4. The molecule has 0 radical (unpaired) electrons. The van der Waals surface area contributed by atoms with Crippen LogP contribution in [0.15, 0.2) is 24.3 Å². The van der Waals surface area contributed by atoms with Gasteiger partial charge < -0.3 is 9.84 Å². The monoisotopic (exact) mass is 234 g/mol. The zero-order chi connectivity index (χ0) is 12.5. The standard InChI is InChI=1S/C14H18O3/c1-3-12(13(15)16)14(8-17-9-14)11-6-4-10(2)5-7-11/h4-7,12H,3,8-9H2,1-2H3,(H,15,16). The molecule has 1 aromatic carbocycles. The number of ether oxygens (including phenoxy) is 1. The number of carboxylic acid groups (broad SMARTS) is 1. The van der Waals surface area contributed by atoms with Crippen molar-refractivity contribution in [2.24, 2.45) is 5.92 Å². The van der Waals surface area contributed by atoms with Crippen molar-refractivity contribution in [3.05, 3.63) is 35.4 Å². The Labute approximate surface area is 101 Å². The summed E-state index contributed by atoms with van der Waals surface area (Å²) in [4.78, 5) is 11.4. The minimum Gasteiger partial charge on any atom is -0.481 e. The van der Waals surface area contributed by atoms with Crippen molar-refractivity contribution in [2.45, 2.75) is 25.7 Å². The van der Waals surface area contributed by atoms with E-state index in [-0.39, 0.29) is 11.3 Å². The van der Waals surface area contributed by atoms with Gasteiger partial charge in [-0.25, -0.2) is 0 Å². The summed E-state index contributed by atoms with van der Waals surface area (Å²) >= 11 is 0. The van der Waals surface area contributed by atoms with E-state index < -0.39 is 5.97 Å². The van der Waals surface area contributed by atoms with Gasteiger partial charge in [0, 0.05) is 0 Å². The molecule has 1 saturated heterocycles. The molecular weight excluding hydrogens is 216 g/mol. The Morgan fingerprint density at radius 2 is 2.00 bits per heavy atom. The van der Waals surface area contributed by atoms with Crippen LogP contribution in [-0.2, 0) is 14.9 Å². The Hall–Kier alpha value is -1.35. The van der Waals surface area contributed by atoms with Crippen LogP contribution in [0.1, 0.15) is 24.5 Å². The minimum atomic E-state index is -0.726. The van der Waals surface area contributed by atoms with E-state index in [0.717, 1.165) is 5.56 Å². The van der Waals surface area contributed by atoms with Gasteiger partial charge in [-0.1, -0.05) is 36.8 Å². The highest BCUT2D eigenvalue weighted by Gasteiger charge is 2.49. The molecule has 1 aliphatic heterocycles. The third-order valence-corrected chi connectivity index (χ3v) is 3.72. The van der Waals surface area contributed by atoms with E-state index in [4.69, 9.17) is 4.74 Å². The van der Waals surface area contributed by atoms with Gasteiger partial charge in [-0.2, -0.15) is 0 Å². The fourth-order valence-electron chi connectivity index (χ4n) is 2.58. The summed E-state index contributed by atoms with van der Waals surface area (Å²) in [5, 5.41) is 9.33. The number of hydrogen-bond acceptors (Lipinski definition) is 2. The zero-order valence-corrected chi connectivity index (χ0v) is 10.3. The molecule has 1 unspecified atom stereocenters. The molecule has 0 aromatic heterocycles. The summed E-state index contributed by atoms with van der Waals surface area (Å²) in [7, 11) is 0. The first-order valence-corrected chi connectivity index (χ1v) is 5.98.